The van der Waals surface area contributed by atoms with Crippen LogP contribution in [-0.2, 0) is 16.4 Å². The number of nitro benzene ring substituents is 1. The van der Waals surface area contributed by atoms with Crippen molar-refractivity contribution in [2.45, 2.75) is 11.3 Å². The molecule has 6 nitrogen and oxygen atoms in total. The normalized spacial score (nSPS) is 14.0. The molecule has 0 saturated carbocycles. The van der Waals surface area contributed by atoms with Gasteiger partial charge in [0.1, 0.15) is 5.82 Å². The van der Waals surface area contributed by atoms with Gasteiger partial charge in [-0.05, 0) is 36.2 Å². The molecule has 0 N–H and O–H groups in total. The first-order valence-corrected chi connectivity index (χ1v) is 7.89. The number of benzene rings is 2. The van der Waals surface area contributed by atoms with Crippen molar-refractivity contribution in [2.75, 3.05) is 10.8 Å². The van der Waals surface area contributed by atoms with Crippen LogP contribution < -0.4 is 4.31 Å². The zero-order chi connectivity index (χ0) is 15.9. The predicted octanol–water partition coefficient (Wildman–Crippen LogP) is 2.49. The van der Waals surface area contributed by atoms with E-state index in [-0.39, 0.29) is 17.1 Å². The summed E-state index contributed by atoms with van der Waals surface area (Å²) in [5.41, 5.74) is 0.724. The van der Waals surface area contributed by atoms with Crippen LogP contribution in [0.4, 0.5) is 15.8 Å². The second kappa shape index (κ2) is 5.06. The number of halogens is 1. The number of hydrogen-bond acceptors (Lipinski definition) is 4. The summed E-state index contributed by atoms with van der Waals surface area (Å²) in [5, 5.41) is 10.8. The van der Waals surface area contributed by atoms with Crippen LogP contribution in [0.5, 0.6) is 0 Å². The molecule has 22 heavy (non-hydrogen) atoms. The number of sulfonamides is 1. The lowest BCUT2D eigenvalue weighted by Gasteiger charge is -2.19. The average molecular weight is 322 g/mol. The van der Waals surface area contributed by atoms with Crippen molar-refractivity contribution in [3.63, 3.8) is 0 Å². The Kier molecular flexibility index (Phi) is 3.32. The Balaban J connectivity index is 2.06. The fourth-order valence-electron chi connectivity index (χ4n) is 2.47. The highest BCUT2D eigenvalue weighted by atomic mass is 32.2. The van der Waals surface area contributed by atoms with Crippen LogP contribution >= 0.6 is 0 Å². The fraction of sp³-hybridized carbons (Fsp3) is 0.143. The number of non-ortho nitro benzene ring substituents is 1. The van der Waals surface area contributed by atoms with Crippen LogP contribution in [0.15, 0.2) is 47.4 Å². The number of nitrogens with zero attached hydrogens (tertiary/aromatic N) is 2. The number of nitro groups is 1. The van der Waals surface area contributed by atoms with Crippen LogP contribution in [0.25, 0.3) is 0 Å². The Morgan fingerprint density at radius 1 is 1.18 bits per heavy atom. The third-order valence-electron chi connectivity index (χ3n) is 3.51. The highest BCUT2D eigenvalue weighted by Crippen LogP contribution is 2.33. The van der Waals surface area contributed by atoms with E-state index in [4.69, 9.17) is 0 Å². The molecule has 114 valence electrons. The second-order valence-corrected chi connectivity index (χ2v) is 6.72. The molecule has 0 atom stereocenters. The Hall–Kier alpha value is -2.48. The molecule has 1 aliphatic heterocycles. The summed E-state index contributed by atoms with van der Waals surface area (Å²) in [5.74, 6) is -0.423. The zero-order valence-electron chi connectivity index (χ0n) is 11.3. The molecule has 3 rings (SSSR count). The molecule has 0 aliphatic carbocycles. The smallest absolute Gasteiger partial charge is 0.266 e. The van der Waals surface area contributed by atoms with Crippen LogP contribution in [0, 0.1) is 15.9 Å². The molecule has 1 heterocycles. The highest BCUT2D eigenvalue weighted by molar-refractivity contribution is 7.92. The average Bonchev–Trinajstić information content (AvgIpc) is 2.91. The molecule has 0 bridgehead atoms. The lowest BCUT2D eigenvalue weighted by molar-refractivity contribution is -0.385. The number of hydrogen-bond donors (Lipinski definition) is 0. The van der Waals surface area contributed by atoms with Gasteiger partial charge in [0.15, 0.2) is 0 Å². The number of rotatable bonds is 3. The monoisotopic (exact) mass is 322 g/mol. The van der Waals surface area contributed by atoms with Gasteiger partial charge in [0.2, 0.25) is 0 Å². The largest absolute Gasteiger partial charge is 0.270 e. The summed E-state index contributed by atoms with van der Waals surface area (Å²) in [6.45, 7) is 0.184. The molecular weight excluding hydrogens is 311 g/mol. The molecule has 0 fully saturated rings. The number of anilines is 1. The number of fused-ring (bicyclic) bond motifs is 1. The van der Waals surface area contributed by atoms with Gasteiger partial charge >= 0.3 is 0 Å². The lowest BCUT2D eigenvalue weighted by Crippen LogP contribution is -2.29. The molecule has 2 aromatic rings. The predicted molar refractivity (Wildman–Crippen MR) is 77.7 cm³/mol. The van der Waals surface area contributed by atoms with E-state index in [1.807, 2.05) is 0 Å². The van der Waals surface area contributed by atoms with Crippen molar-refractivity contribution in [1.82, 2.24) is 0 Å². The SMILES string of the molecule is O=[N+]([O-])c1cccc(S(=O)(=O)N2CCc3cc(F)ccc32)c1. The maximum Gasteiger partial charge on any atom is 0.270 e. The summed E-state index contributed by atoms with van der Waals surface area (Å²) >= 11 is 0. The zero-order valence-corrected chi connectivity index (χ0v) is 12.1. The summed E-state index contributed by atoms with van der Waals surface area (Å²) in [6, 6.07) is 8.80. The maximum absolute atomic E-state index is 13.2. The molecule has 2 aromatic carbocycles. The minimum absolute atomic E-state index is 0.154. The highest BCUT2D eigenvalue weighted by Gasteiger charge is 2.31. The summed E-state index contributed by atoms with van der Waals surface area (Å²) in [4.78, 5) is 9.99. The molecule has 0 saturated heterocycles. The summed E-state index contributed by atoms with van der Waals surface area (Å²) in [6.07, 6.45) is 0.404. The van der Waals surface area contributed by atoms with Gasteiger partial charge in [0.25, 0.3) is 15.7 Å². The van der Waals surface area contributed by atoms with Gasteiger partial charge in [0.05, 0.1) is 15.5 Å². The standard InChI is InChI=1S/C14H11FN2O4S/c15-11-4-5-14-10(8-11)6-7-16(14)22(20,21)13-3-1-2-12(9-13)17(18)19/h1-5,8-9H,6-7H2. The molecular formula is C14H11FN2O4S. The van der Waals surface area contributed by atoms with Gasteiger partial charge in [-0.1, -0.05) is 6.07 Å². The van der Waals surface area contributed by atoms with Crippen molar-refractivity contribution in [3.05, 3.63) is 64.0 Å². The van der Waals surface area contributed by atoms with Crippen LogP contribution in [0.3, 0.4) is 0 Å². The molecule has 0 amide bonds. The van der Waals surface area contributed by atoms with E-state index in [2.05, 4.69) is 0 Å². The van der Waals surface area contributed by atoms with Crippen molar-refractivity contribution < 1.29 is 17.7 Å². The topological polar surface area (TPSA) is 80.5 Å². The van der Waals surface area contributed by atoms with Gasteiger partial charge in [-0.15, -0.1) is 0 Å². The van der Waals surface area contributed by atoms with E-state index in [9.17, 15) is 22.9 Å². The molecule has 0 unspecified atom stereocenters. The molecule has 0 spiro atoms. The quantitative estimate of drug-likeness (QED) is 0.642. The van der Waals surface area contributed by atoms with Gasteiger partial charge in [-0.25, -0.2) is 12.8 Å². The Morgan fingerprint density at radius 3 is 2.68 bits per heavy atom. The fourth-order valence-corrected chi connectivity index (χ4v) is 4.02. The Labute approximate surface area is 126 Å². The van der Waals surface area contributed by atoms with Crippen LogP contribution in [0.2, 0.25) is 0 Å². The third-order valence-corrected chi connectivity index (χ3v) is 5.32. The van der Waals surface area contributed by atoms with Crippen molar-refractivity contribution >= 4 is 21.4 Å². The van der Waals surface area contributed by atoms with Gasteiger partial charge in [-0.3, -0.25) is 14.4 Å². The van der Waals surface area contributed by atoms with Gasteiger partial charge < -0.3 is 0 Å². The Morgan fingerprint density at radius 2 is 1.95 bits per heavy atom. The van der Waals surface area contributed by atoms with Gasteiger partial charge in [-0.2, -0.15) is 0 Å². The van der Waals surface area contributed by atoms with Gasteiger partial charge in [0, 0.05) is 18.7 Å². The van der Waals surface area contributed by atoms with Crippen LogP contribution in [0.1, 0.15) is 5.56 Å². The van der Waals surface area contributed by atoms with E-state index in [1.165, 1.54) is 36.4 Å². The first-order valence-electron chi connectivity index (χ1n) is 6.45. The van der Waals surface area contributed by atoms with Crippen LogP contribution in [-0.4, -0.2) is 19.9 Å². The minimum Gasteiger partial charge on any atom is -0.266 e. The van der Waals surface area contributed by atoms with E-state index in [1.54, 1.807) is 0 Å². The maximum atomic E-state index is 13.2. The molecule has 1 aliphatic rings. The second-order valence-electron chi connectivity index (χ2n) is 4.85. The minimum atomic E-state index is -3.91. The van der Waals surface area contributed by atoms with Crippen molar-refractivity contribution in [2.24, 2.45) is 0 Å². The van der Waals surface area contributed by atoms with Crippen molar-refractivity contribution in [1.29, 1.82) is 0 Å². The van der Waals surface area contributed by atoms with E-state index in [0.717, 1.165) is 10.4 Å². The summed E-state index contributed by atoms with van der Waals surface area (Å²) in [7, 11) is -3.91. The molecule has 0 radical (unpaired) electrons. The Bertz CT molecular complexity index is 867. The molecule has 0 aromatic heterocycles. The van der Waals surface area contributed by atoms with Crippen molar-refractivity contribution in [3.8, 4) is 0 Å². The van der Waals surface area contributed by atoms with E-state index in [0.29, 0.717) is 17.7 Å². The first-order chi connectivity index (χ1) is 10.4. The molecule has 8 heteroatoms. The van der Waals surface area contributed by atoms with E-state index >= 15 is 0 Å². The summed E-state index contributed by atoms with van der Waals surface area (Å²) < 4.78 is 39.7. The lowest BCUT2D eigenvalue weighted by atomic mass is 10.2. The third kappa shape index (κ3) is 2.31. The first kappa shape index (κ1) is 14.5. The van der Waals surface area contributed by atoms with E-state index < -0.39 is 20.8 Å².